The quantitative estimate of drug-likeness (QED) is 0.805. The molecule has 1 aromatic heterocycles. The Labute approximate surface area is 89.4 Å². The summed E-state index contributed by atoms with van der Waals surface area (Å²) in [6.45, 7) is 1.95. The van der Waals surface area contributed by atoms with Gasteiger partial charge in [-0.25, -0.2) is 0 Å². The number of pyridine rings is 1. The van der Waals surface area contributed by atoms with Crippen LogP contribution in [0, 0.1) is 0 Å². The highest BCUT2D eigenvalue weighted by Crippen LogP contribution is 2.14. The molecule has 2 nitrogen and oxygen atoms in total. The third-order valence-corrected chi connectivity index (χ3v) is 2.22. The van der Waals surface area contributed by atoms with Gasteiger partial charge in [-0.3, -0.25) is 4.98 Å². The summed E-state index contributed by atoms with van der Waals surface area (Å²) in [7, 11) is 0. The predicted octanol–water partition coefficient (Wildman–Crippen LogP) is 2.60. The number of nitrogens with zero attached hydrogens (tertiary/aromatic N) is 1. The minimum atomic E-state index is 0.0874. The van der Waals surface area contributed by atoms with Crippen LogP contribution in [0.25, 0.3) is 17.0 Å². The maximum absolute atomic E-state index is 5.65. The molecule has 0 spiro atoms. The Kier molecular flexibility index (Phi) is 2.79. The molecule has 0 aliphatic rings. The molecule has 0 aliphatic carbocycles. The number of nitrogens with two attached hydrogens (primary N) is 1. The van der Waals surface area contributed by atoms with Gasteiger partial charge in [-0.05, 0) is 24.6 Å². The zero-order valence-corrected chi connectivity index (χ0v) is 8.72. The van der Waals surface area contributed by atoms with E-state index < -0.39 is 0 Å². The van der Waals surface area contributed by atoms with Crippen molar-refractivity contribution in [2.24, 2.45) is 5.73 Å². The van der Waals surface area contributed by atoms with Crippen LogP contribution < -0.4 is 5.73 Å². The van der Waals surface area contributed by atoms with Crippen LogP contribution in [0.5, 0.6) is 0 Å². The Balaban J connectivity index is 2.39. The molecule has 2 N–H and O–H groups in total. The summed E-state index contributed by atoms with van der Waals surface area (Å²) < 4.78 is 0. The average Bonchev–Trinajstić information content (AvgIpc) is 2.26. The second-order valence-corrected chi connectivity index (χ2v) is 3.67. The number of hydrogen-bond acceptors (Lipinski definition) is 2. The normalized spacial score (nSPS) is 13.5. The van der Waals surface area contributed by atoms with Crippen LogP contribution in [-0.2, 0) is 0 Å². The van der Waals surface area contributed by atoms with Gasteiger partial charge in [-0.1, -0.05) is 30.4 Å². The van der Waals surface area contributed by atoms with Gasteiger partial charge in [0.2, 0.25) is 0 Å². The largest absolute Gasteiger partial charge is 0.325 e. The van der Waals surface area contributed by atoms with E-state index in [0.717, 1.165) is 16.5 Å². The molecule has 0 saturated heterocycles. The molecule has 1 aromatic carbocycles. The Morgan fingerprint density at radius 2 is 2.20 bits per heavy atom. The summed E-state index contributed by atoms with van der Waals surface area (Å²) in [5.74, 6) is 0. The summed E-state index contributed by atoms with van der Waals surface area (Å²) in [4.78, 5) is 4.30. The van der Waals surface area contributed by atoms with Crippen LogP contribution in [0.1, 0.15) is 12.5 Å². The van der Waals surface area contributed by atoms with Crippen molar-refractivity contribution in [3.8, 4) is 0 Å². The van der Waals surface area contributed by atoms with E-state index in [-0.39, 0.29) is 6.04 Å². The Morgan fingerprint density at radius 1 is 1.33 bits per heavy atom. The molecule has 0 bridgehead atoms. The first kappa shape index (κ1) is 9.87. The van der Waals surface area contributed by atoms with Crippen molar-refractivity contribution < 1.29 is 0 Å². The van der Waals surface area contributed by atoms with Gasteiger partial charge < -0.3 is 5.73 Å². The van der Waals surface area contributed by atoms with E-state index >= 15 is 0 Å². The van der Waals surface area contributed by atoms with Crippen molar-refractivity contribution in [3.05, 3.63) is 48.2 Å². The summed E-state index contributed by atoms with van der Waals surface area (Å²) >= 11 is 0. The standard InChI is InChI=1S/C13H14N2/c1-10(14)4-5-11-6-7-12-3-2-8-15-13(12)9-11/h2-10H,14H2,1H3/b5-4+. The number of aromatic nitrogens is 1. The van der Waals surface area contributed by atoms with Crippen LogP contribution in [0.2, 0.25) is 0 Å². The zero-order chi connectivity index (χ0) is 10.7. The number of hydrogen-bond donors (Lipinski definition) is 1. The fourth-order valence-electron chi connectivity index (χ4n) is 1.45. The maximum atomic E-state index is 5.65. The van der Waals surface area contributed by atoms with Crippen molar-refractivity contribution in [3.63, 3.8) is 0 Å². The molecule has 2 rings (SSSR count). The highest BCUT2D eigenvalue weighted by atomic mass is 14.6. The zero-order valence-electron chi connectivity index (χ0n) is 8.72. The minimum absolute atomic E-state index is 0.0874. The first-order valence-corrected chi connectivity index (χ1v) is 5.04. The fourth-order valence-corrected chi connectivity index (χ4v) is 1.45. The molecule has 2 aromatic rings. The molecular weight excluding hydrogens is 184 g/mol. The highest BCUT2D eigenvalue weighted by Gasteiger charge is 1.94. The molecule has 0 fully saturated rings. The summed E-state index contributed by atoms with van der Waals surface area (Å²) in [5.41, 5.74) is 7.81. The molecule has 0 radical (unpaired) electrons. The monoisotopic (exact) mass is 198 g/mol. The lowest BCUT2D eigenvalue weighted by Crippen LogP contribution is -2.09. The van der Waals surface area contributed by atoms with Gasteiger partial charge >= 0.3 is 0 Å². The van der Waals surface area contributed by atoms with E-state index in [2.05, 4.69) is 29.2 Å². The van der Waals surface area contributed by atoms with Gasteiger partial charge in [-0.2, -0.15) is 0 Å². The van der Waals surface area contributed by atoms with Crippen molar-refractivity contribution >= 4 is 17.0 Å². The van der Waals surface area contributed by atoms with E-state index in [9.17, 15) is 0 Å². The molecule has 2 heteroatoms. The number of fused-ring (bicyclic) bond motifs is 1. The average molecular weight is 198 g/mol. The Hall–Kier alpha value is -1.67. The van der Waals surface area contributed by atoms with E-state index in [1.807, 2.05) is 25.1 Å². The maximum Gasteiger partial charge on any atom is 0.0707 e. The van der Waals surface area contributed by atoms with Gasteiger partial charge in [-0.15, -0.1) is 0 Å². The molecule has 1 unspecified atom stereocenters. The molecular formula is C13H14N2. The van der Waals surface area contributed by atoms with E-state index in [1.165, 1.54) is 0 Å². The summed E-state index contributed by atoms with van der Waals surface area (Å²) in [6.07, 6.45) is 5.81. The van der Waals surface area contributed by atoms with E-state index in [4.69, 9.17) is 5.73 Å². The minimum Gasteiger partial charge on any atom is -0.325 e. The van der Waals surface area contributed by atoms with E-state index in [0.29, 0.717) is 0 Å². The second-order valence-electron chi connectivity index (χ2n) is 3.67. The van der Waals surface area contributed by atoms with Crippen molar-refractivity contribution in [1.29, 1.82) is 0 Å². The second kappa shape index (κ2) is 4.24. The SMILES string of the molecule is CC(N)/C=C/c1ccc2cccnc2c1. The Bertz CT molecular complexity index is 487. The fraction of sp³-hybridized carbons (Fsp3) is 0.154. The molecule has 15 heavy (non-hydrogen) atoms. The van der Waals surface area contributed by atoms with Crippen LogP contribution in [-0.4, -0.2) is 11.0 Å². The first-order chi connectivity index (χ1) is 7.25. The van der Waals surface area contributed by atoms with Crippen LogP contribution >= 0.6 is 0 Å². The lowest BCUT2D eigenvalue weighted by molar-refractivity contribution is 0.931. The van der Waals surface area contributed by atoms with Gasteiger partial charge in [0.1, 0.15) is 0 Å². The van der Waals surface area contributed by atoms with Crippen molar-refractivity contribution in [1.82, 2.24) is 4.98 Å². The lowest BCUT2D eigenvalue weighted by Gasteiger charge is -1.99. The lowest BCUT2D eigenvalue weighted by atomic mass is 10.1. The third kappa shape index (κ3) is 2.42. The van der Waals surface area contributed by atoms with E-state index in [1.54, 1.807) is 6.20 Å². The summed E-state index contributed by atoms with van der Waals surface area (Å²) in [5, 5.41) is 1.16. The van der Waals surface area contributed by atoms with Crippen LogP contribution in [0.4, 0.5) is 0 Å². The first-order valence-electron chi connectivity index (χ1n) is 5.04. The molecule has 0 saturated carbocycles. The molecule has 1 atom stereocenters. The van der Waals surface area contributed by atoms with Gasteiger partial charge in [0.15, 0.2) is 0 Å². The summed E-state index contributed by atoms with van der Waals surface area (Å²) in [6, 6.07) is 10.3. The van der Waals surface area contributed by atoms with Crippen LogP contribution in [0.3, 0.4) is 0 Å². The topological polar surface area (TPSA) is 38.9 Å². The van der Waals surface area contributed by atoms with Gasteiger partial charge in [0, 0.05) is 17.6 Å². The molecule has 76 valence electrons. The van der Waals surface area contributed by atoms with Gasteiger partial charge in [0.05, 0.1) is 5.52 Å². The van der Waals surface area contributed by atoms with Gasteiger partial charge in [0.25, 0.3) is 0 Å². The third-order valence-electron chi connectivity index (χ3n) is 2.22. The molecule has 1 heterocycles. The smallest absolute Gasteiger partial charge is 0.0707 e. The molecule has 0 aliphatic heterocycles. The number of rotatable bonds is 2. The number of benzene rings is 1. The van der Waals surface area contributed by atoms with Crippen molar-refractivity contribution in [2.45, 2.75) is 13.0 Å². The van der Waals surface area contributed by atoms with Crippen molar-refractivity contribution in [2.75, 3.05) is 0 Å². The highest BCUT2D eigenvalue weighted by molar-refractivity contribution is 5.80. The Morgan fingerprint density at radius 3 is 3.00 bits per heavy atom. The molecule has 0 amide bonds. The predicted molar refractivity (Wildman–Crippen MR) is 64.4 cm³/mol. The van der Waals surface area contributed by atoms with Crippen LogP contribution in [0.15, 0.2) is 42.6 Å².